The average Bonchev–Trinajstić information content (AvgIpc) is 3.63. The molecule has 0 radical (unpaired) electrons. The van der Waals surface area contributed by atoms with Gasteiger partial charge in [-0.25, -0.2) is 18.3 Å². The number of aryl methyl sites for hydroxylation is 2. The van der Waals surface area contributed by atoms with Crippen molar-refractivity contribution in [2.75, 3.05) is 0 Å². The minimum Gasteiger partial charge on any atom is -0.286 e. The molecule has 6 aromatic rings. The normalized spacial score (nSPS) is 12.5. The maximum Gasteiger partial charge on any atom is 0.254 e. The van der Waals surface area contributed by atoms with Crippen LogP contribution < -0.4 is 0 Å². The van der Waals surface area contributed by atoms with E-state index in [2.05, 4.69) is 34.0 Å². The van der Waals surface area contributed by atoms with E-state index in [9.17, 15) is 4.39 Å². The summed E-state index contributed by atoms with van der Waals surface area (Å²) in [5.41, 5.74) is 5.79. The topological polar surface area (TPSA) is 65.8 Å². The van der Waals surface area contributed by atoms with Gasteiger partial charge in [-0.3, -0.25) is 9.25 Å². The Balaban J connectivity index is 1.35. The first kappa shape index (κ1) is 24.7. The zero-order valence-electron chi connectivity index (χ0n) is 22.0. The first-order valence-corrected chi connectivity index (χ1v) is 12.8. The summed E-state index contributed by atoms with van der Waals surface area (Å²) in [7, 11) is 0. The molecule has 9 heteroatoms. The highest BCUT2D eigenvalue weighted by Gasteiger charge is 2.20. The fourth-order valence-corrected chi connectivity index (χ4v) is 5.03. The van der Waals surface area contributed by atoms with Crippen molar-refractivity contribution >= 4 is 5.65 Å². The van der Waals surface area contributed by atoms with Crippen LogP contribution in [-0.4, -0.2) is 33.9 Å². The second-order valence-electron chi connectivity index (χ2n) is 10.1. The fraction of sp³-hybridized carbons (Fsp3) is 0.200. The number of hydrogen-bond donors (Lipinski definition) is 0. The molecule has 39 heavy (non-hydrogen) atoms. The molecule has 5 heterocycles. The van der Waals surface area contributed by atoms with Crippen molar-refractivity contribution in [2.45, 2.75) is 33.7 Å². The Hall–Kier alpha value is -4.66. The first-order chi connectivity index (χ1) is 18.8. The minimum atomic E-state index is -0.432. The van der Waals surface area contributed by atoms with Crippen molar-refractivity contribution in [1.29, 1.82) is 0 Å². The summed E-state index contributed by atoms with van der Waals surface area (Å²) in [6.07, 6.45) is 5.38. The van der Waals surface area contributed by atoms with Crippen molar-refractivity contribution in [3.05, 3.63) is 108 Å². The molecule has 0 saturated carbocycles. The van der Waals surface area contributed by atoms with Gasteiger partial charge < -0.3 is 0 Å². The van der Waals surface area contributed by atoms with Crippen LogP contribution in [0.25, 0.3) is 34.1 Å². The minimum absolute atomic E-state index is 0.0867. The first-order valence-electron chi connectivity index (χ1n) is 12.8. The quantitative estimate of drug-likeness (QED) is 0.247. The van der Waals surface area contributed by atoms with Crippen LogP contribution in [0.15, 0.2) is 79.3 Å². The third-order valence-electron chi connectivity index (χ3n) is 6.94. The van der Waals surface area contributed by atoms with Gasteiger partial charge in [0.2, 0.25) is 0 Å². The van der Waals surface area contributed by atoms with E-state index < -0.39 is 5.82 Å². The number of hydrogen-bond acceptors (Lipinski definition) is 4. The second kappa shape index (κ2) is 9.58. The summed E-state index contributed by atoms with van der Waals surface area (Å²) in [6, 6.07) is 17.0. The predicted octanol–water partition coefficient (Wildman–Crippen LogP) is 6.59. The fourth-order valence-electron chi connectivity index (χ4n) is 5.03. The van der Waals surface area contributed by atoms with Crippen LogP contribution >= 0.6 is 0 Å². The number of pyridine rings is 2. The molecule has 1 atom stereocenters. The van der Waals surface area contributed by atoms with Gasteiger partial charge in [0, 0.05) is 34.9 Å². The Kier molecular flexibility index (Phi) is 6.06. The third kappa shape index (κ3) is 4.50. The molecule has 0 aliphatic carbocycles. The molecular weight excluding hydrogens is 496 g/mol. The largest absolute Gasteiger partial charge is 0.286 e. The van der Waals surface area contributed by atoms with E-state index in [4.69, 9.17) is 0 Å². The van der Waals surface area contributed by atoms with Gasteiger partial charge in [0.25, 0.3) is 5.95 Å². The Bertz CT molecular complexity index is 1770. The van der Waals surface area contributed by atoms with Gasteiger partial charge in [-0.2, -0.15) is 10.1 Å². The summed E-state index contributed by atoms with van der Waals surface area (Å²) >= 11 is 0. The number of halogens is 2. The molecule has 0 spiro atoms. The van der Waals surface area contributed by atoms with E-state index in [1.165, 1.54) is 18.2 Å². The molecule has 0 bridgehead atoms. The van der Waals surface area contributed by atoms with Gasteiger partial charge in [-0.05, 0) is 73.9 Å². The highest BCUT2D eigenvalue weighted by atomic mass is 19.1. The number of fused-ring (bicyclic) bond motifs is 1. The predicted molar refractivity (Wildman–Crippen MR) is 146 cm³/mol. The third-order valence-corrected chi connectivity index (χ3v) is 6.94. The molecule has 196 valence electrons. The lowest BCUT2D eigenvalue weighted by Crippen LogP contribution is -2.17. The molecule has 0 saturated heterocycles. The number of rotatable bonds is 6. The highest BCUT2D eigenvalue weighted by Crippen LogP contribution is 2.30. The Morgan fingerprint density at radius 1 is 0.821 bits per heavy atom. The van der Waals surface area contributed by atoms with Crippen molar-refractivity contribution in [3.63, 3.8) is 0 Å². The lowest BCUT2D eigenvalue weighted by Gasteiger charge is -2.22. The number of aromatic nitrogens is 7. The summed E-state index contributed by atoms with van der Waals surface area (Å²) in [6.45, 7) is 8.18. The summed E-state index contributed by atoms with van der Waals surface area (Å²) in [4.78, 5) is 9.34. The van der Waals surface area contributed by atoms with Crippen molar-refractivity contribution in [1.82, 2.24) is 33.9 Å². The molecule has 0 unspecified atom stereocenters. The van der Waals surface area contributed by atoms with Crippen LogP contribution in [0.5, 0.6) is 0 Å². The zero-order chi connectivity index (χ0) is 27.3. The maximum atomic E-state index is 15.0. The van der Waals surface area contributed by atoms with Gasteiger partial charge >= 0.3 is 0 Å². The van der Waals surface area contributed by atoms with E-state index in [0.29, 0.717) is 22.9 Å². The molecule has 1 aromatic carbocycles. The number of nitrogens with zero attached hydrogens (tertiary/aromatic N) is 7. The molecule has 0 aliphatic heterocycles. The molecule has 6 rings (SSSR count). The van der Waals surface area contributed by atoms with E-state index in [0.717, 1.165) is 22.5 Å². The van der Waals surface area contributed by atoms with E-state index in [1.807, 2.05) is 41.4 Å². The Morgan fingerprint density at radius 3 is 2.28 bits per heavy atom. The van der Waals surface area contributed by atoms with Crippen molar-refractivity contribution in [3.8, 4) is 28.5 Å². The standard InChI is InChI=1S/C30H27F2N7/c1-18(2)29(21-7-9-24(31)10-8-21)38-17-23(16-33-38)26-12-11-25(32)28(34-26)22-13-14-37-27(15-22)35-30(36-37)39-19(3)5-6-20(39)4/h5-18,29H,1-4H3/t29-/m1/s1. The second-order valence-corrected chi connectivity index (χ2v) is 10.1. The van der Waals surface area contributed by atoms with Crippen LogP contribution in [0, 0.1) is 31.4 Å². The van der Waals surface area contributed by atoms with Crippen LogP contribution in [0.3, 0.4) is 0 Å². The van der Waals surface area contributed by atoms with Crippen LogP contribution in [0.1, 0.15) is 36.8 Å². The average molecular weight is 524 g/mol. The SMILES string of the molecule is Cc1ccc(C)n1-c1nc2cc(-c3nc(-c4cnn([C@@H](c5ccc(F)cc5)C(C)C)c4)ccc3F)ccn2n1. The van der Waals surface area contributed by atoms with E-state index >= 15 is 4.39 Å². The molecule has 0 aliphatic rings. The van der Waals surface area contributed by atoms with Crippen LogP contribution in [-0.2, 0) is 0 Å². The van der Waals surface area contributed by atoms with Crippen molar-refractivity contribution < 1.29 is 8.78 Å². The molecule has 7 nitrogen and oxygen atoms in total. The van der Waals surface area contributed by atoms with Gasteiger partial charge in [-0.15, -0.1) is 5.10 Å². The van der Waals surface area contributed by atoms with Gasteiger partial charge in [0.15, 0.2) is 5.65 Å². The lowest BCUT2D eigenvalue weighted by molar-refractivity contribution is 0.402. The van der Waals surface area contributed by atoms with E-state index in [1.54, 1.807) is 47.2 Å². The zero-order valence-corrected chi connectivity index (χ0v) is 22.0. The number of benzene rings is 1. The van der Waals surface area contributed by atoms with Crippen LogP contribution in [0.2, 0.25) is 0 Å². The van der Waals surface area contributed by atoms with Gasteiger partial charge in [0.05, 0.1) is 17.9 Å². The molecular formula is C30H27F2N7. The van der Waals surface area contributed by atoms with Gasteiger partial charge in [-0.1, -0.05) is 26.0 Å². The Labute approximate surface area is 224 Å². The summed E-state index contributed by atoms with van der Waals surface area (Å²) in [5.74, 6) is 0.0566. The smallest absolute Gasteiger partial charge is 0.254 e. The summed E-state index contributed by atoms with van der Waals surface area (Å²) < 4.78 is 34.0. The molecule has 5 aromatic heterocycles. The van der Waals surface area contributed by atoms with Crippen molar-refractivity contribution in [2.24, 2.45) is 5.92 Å². The lowest BCUT2D eigenvalue weighted by atomic mass is 9.96. The van der Waals surface area contributed by atoms with E-state index in [-0.39, 0.29) is 23.5 Å². The molecule has 0 amide bonds. The molecule has 0 fully saturated rings. The highest BCUT2D eigenvalue weighted by molar-refractivity contribution is 5.68. The van der Waals surface area contributed by atoms with Crippen LogP contribution in [0.4, 0.5) is 8.78 Å². The van der Waals surface area contributed by atoms with Gasteiger partial charge in [0.1, 0.15) is 17.3 Å². The monoisotopic (exact) mass is 523 g/mol. The summed E-state index contributed by atoms with van der Waals surface area (Å²) in [5, 5.41) is 9.17. The maximum absolute atomic E-state index is 15.0. The Morgan fingerprint density at radius 2 is 1.56 bits per heavy atom. The molecule has 0 N–H and O–H groups in total.